The monoisotopic (exact) mass is 486 g/mol. The number of amides is 1. The smallest absolute Gasteiger partial charge is 0.358 e. The maximum atomic E-state index is 14.0. The zero-order valence-corrected chi connectivity index (χ0v) is 19.0. The predicted molar refractivity (Wildman–Crippen MR) is 129 cm³/mol. The number of carbonyl (C=O) groups is 1. The molecule has 0 aliphatic heterocycles. The van der Waals surface area contributed by atoms with Crippen molar-refractivity contribution in [3.63, 3.8) is 0 Å². The number of hydrogen-bond acceptors (Lipinski definition) is 5. The third kappa shape index (κ3) is 5.40. The van der Waals surface area contributed by atoms with Crippen LogP contribution in [0.3, 0.4) is 0 Å². The van der Waals surface area contributed by atoms with Crippen LogP contribution in [0.5, 0.6) is 0 Å². The molecule has 0 bridgehead atoms. The van der Waals surface area contributed by atoms with Crippen molar-refractivity contribution >= 4 is 34.5 Å². The molecule has 2 heterocycles. The molecule has 0 aliphatic rings. The summed E-state index contributed by atoms with van der Waals surface area (Å²) in [6.45, 7) is 7.33. The van der Waals surface area contributed by atoms with Crippen molar-refractivity contribution in [2.45, 2.75) is 11.2 Å². The van der Waals surface area contributed by atoms with Crippen LogP contribution in [0.2, 0.25) is 0 Å². The number of alkyl halides is 3. The van der Waals surface area contributed by atoms with Gasteiger partial charge in [0.15, 0.2) is 11.1 Å². The molecule has 176 valence electrons. The van der Waals surface area contributed by atoms with Crippen LogP contribution in [0, 0.1) is 0 Å². The number of pyridine rings is 2. The summed E-state index contributed by atoms with van der Waals surface area (Å²) in [5.41, 5.74) is -1.22. The number of allylic oxidation sites excluding steroid dienone is 3. The van der Waals surface area contributed by atoms with Gasteiger partial charge in [-0.15, -0.1) is 0 Å². The molecule has 2 aromatic heterocycles. The number of nitrogens with zero attached hydrogens (tertiary/aromatic N) is 2. The minimum Gasteiger partial charge on any atom is -0.358 e. The van der Waals surface area contributed by atoms with Gasteiger partial charge in [0, 0.05) is 24.5 Å². The van der Waals surface area contributed by atoms with E-state index in [-0.39, 0.29) is 28.2 Å². The third-order valence-electron chi connectivity index (χ3n) is 4.68. The average Bonchev–Trinajstić information content (AvgIpc) is 2.81. The highest BCUT2D eigenvalue weighted by Gasteiger charge is 2.35. The standard InChI is InChI=1S/C24H21F3N4O2S/c1-4-9-15(5-2)29-19-13-18(32)22-17(24(25,26)27)12-21(34-14-20(33)28-3)30-23(22)31(19)16-10-7-6-8-11-16/h4-13,29H,1-2,14H2,3H3,(H,28,33)/b15-9+. The number of thioether (sulfide) groups is 1. The minimum absolute atomic E-state index is 0.0461. The van der Waals surface area contributed by atoms with E-state index in [0.717, 1.165) is 23.9 Å². The first-order chi connectivity index (χ1) is 16.2. The number of rotatable bonds is 8. The zero-order valence-electron chi connectivity index (χ0n) is 18.1. The summed E-state index contributed by atoms with van der Waals surface area (Å²) >= 11 is 0.841. The molecular formula is C24H21F3N4O2S. The lowest BCUT2D eigenvalue weighted by atomic mass is 10.1. The van der Waals surface area contributed by atoms with Gasteiger partial charge in [-0.05, 0) is 30.4 Å². The molecule has 0 spiro atoms. The van der Waals surface area contributed by atoms with Gasteiger partial charge in [-0.2, -0.15) is 13.2 Å². The van der Waals surface area contributed by atoms with Gasteiger partial charge in [0.1, 0.15) is 5.82 Å². The largest absolute Gasteiger partial charge is 0.417 e. The van der Waals surface area contributed by atoms with E-state index in [9.17, 15) is 22.8 Å². The molecule has 0 saturated heterocycles. The number of hydrogen-bond donors (Lipinski definition) is 2. The van der Waals surface area contributed by atoms with Gasteiger partial charge < -0.3 is 10.6 Å². The number of para-hydroxylation sites is 1. The van der Waals surface area contributed by atoms with E-state index < -0.39 is 22.6 Å². The van der Waals surface area contributed by atoms with Crippen molar-refractivity contribution in [2.75, 3.05) is 18.1 Å². The summed E-state index contributed by atoms with van der Waals surface area (Å²) in [5.74, 6) is -0.324. The molecule has 0 aliphatic carbocycles. The number of halogens is 3. The van der Waals surface area contributed by atoms with Gasteiger partial charge >= 0.3 is 6.18 Å². The second-order valence-electron chi connectivity index (χ2n) is 6.92. The Morgan fingerprint density at radius 2 is 1.91 bits per heavy atom. The van der Waals surface area contributed by atoms with Crippen molar-refractivity contribution in [1.82, 2.24) is 14.9 Å². The van der Waals surface area contributed by atoms with Gasteiger partial charge in [0.25, 0.3) is 0 Å². The fourth-order valence-corrected chi connectivity index (χ4v) is 3.94. The maximum absolute atomic E-state index is 14.0. The molecule has 0 radical (unpaired) electrons. The van der Waals surface area contributed by atoms with E-state index in [1.165, 1.54) is 23.8 Å². The molecule has 2 N–H and O–H groups in total. The Bertz CT molecular complexity index is 1330. The van der Waals surface area contributed by atoms with Crippen molar-refractivity contribution < 1.29 is 18.0 Å². The van der Waals surface area contributed by atoms with E-state index in [2.05, 4.69) is 28.8 Å². The fourth-order valence-electron chi connectivity index (χ4n) is 3.16. The topological polar surface area (TPSA) is 76.0 Å². The number of nitrogens with one attached hydrogen (secondary N) is 2. The number of fused-ring (bicyclic) bond motifs is 1. The van der Waals surface area contributed by atoms with Gasteiger partial charge in [-0.3, -0.25) is 14.2 Å². The van der Waals surface area contributed by atoms with Crippen LogP contribution in [-0.4, -0.2) is 28.3 Å². The molecule has 10 heteroatoms. The van der Waals surface area contributed by atoms with Crippen LogP contribution < -0.4 is 16.1 Å². The second-order valence-corrected chi connectivity index (χ2v) is 7.91. The number of anilines is 1. The minimum atomic E-state index is -4.82. The van der Waals surface area contributed by atoms with Gasteiger partial charge in [-0.25, -0.2) is 4.98 Å². The molecule has 34 heavy (non-hydrogen) atoms. The quantitative estimate of drug-likeness (QED) is 0.350. The molecule has 1 aromatic carbocycles. The highest BCUT2D eigenvalue weighted by molar-refractivity contribution is 7.99. The first kappa shape index (κ1) is 24.8. The van der Waals surface area contributed by atoms with Gasteiger partial charge in [0.05, 0.1) is 21.7 Å². The average molecular weight is 487 g/mol. The van der Waals surface area contributed by atoms with E-state index in [1.54, 1.807) is 36.4 Å². The highest BCUT2D eigenvalue weighted by Crippen LogP contribution is 2.37. The van der Waals surface area contributed by atoms with Crippen molar-refractivity contribution in [2.24, 2.45) is 0 Å². The van der Waals surface area contributed by atoms with Crippen LogP contribution in [0.25, 0.3) is 16.7 Å². The highest BCUT2D eigenvalue weighted by atomic mass is 32.2. The first-order valence-corrected chi connectivity index (χ1v) is 11.0. The van der Waals surface area contributed by atoms with Crippen molar-refractivity contribution in [1.29, 1.82) is 0 Å². The lowest BCUT2D eigenvalue weighted by molar-refractivity contribution is -0.136. The summed E-state index contributed by atoms with van der Waals surface area (Å²) in [6, 6.07) is 10.4. The van der Waals surface area contributed by atoms with Crippen LogP contribution in [-0.2, 0) is 11.0 Å². The number of aromatic nitrogens is 2. The molecule has 3 rings (SSSR count). The Kier molecular flexibility index (Phi) is 7.62. The third-order valence-corrected chi connectivity index (χ3v) is 5.59. The summed E-state index contributed by atoms with van der Waals surface area (Å²) in [5, 5.41) is 4.81. The normalized spacial score (nSPS) is 11.8. The van der Waals surface area contributed by atoms with Crippen molar-refractivity contribution in [3.8, 4) is 5.69 Å². The van der Waals surface area contributed by atoms with Crippen LogP contribution >= 0.6 is 11.8 Å². The molecule has 0 saturated carbocycles. The van der Waals surface area contributed by atoms with Gasteiger partial charge in [-0.1, -0.05) is 49.2 Å². The molecule has 1 amide bonds. The Morgan fingerprint density at radius 1 is 1.21 bits per heavy atom. The number of carbonyl (C=O) groups excluding carboxylic acids is 1. The summed E-state index contributed by atoms with van der Waals surface area (Å²) in [6.07, 6.45) is -0.234. The molecule has 0 atom stereocenters. The van der Waals surface area contributed by atoms with Gasteiger partial charge in [0.2, 0.25) is 5.91 Å². The van der Waals surface area contributed by atoms with E-state index in [4.69, 9.17) is 0 Å². The van der Waals surface area contributed by atoms with E-state index in [1.807, 2.05) is 0 Å². The SMILES string of the molecule is C=C/C=C(\C=C)Nc1cc(=O)c2c(C(F)(F)F)cc(SCC(=O)NC)nc2n1-c1ccccc1. The second kappa shape index (κ2) is 10.4. The molecule has 6 nitrogen and oxygen atoms in total. The van der Waals surface area contributed by atoms with Crippen LogP contribution in [0.1, 0.15) is 5.56 Å². The van der Waals surface area contributed by atoms with Crippen molar-refractivity contribution in [3.05, 3.63) is 95.3 Å². The lowest BCUT2D eigenvalue weighted by Gasteiger charge is -2.20. The summed E-state index contributed by atoms with van der Waals surface area (Å²) in [4.78, 5) is 29.0. The lowest BCUT2D eigenvalue weighted by Crippen LogP contribution is -2.21. The Labute approximate surface area is 197 Å². The molecule has 0 unspecified atom stereocenters. The molecule has 3 aromatic rings. The zero-order chi connectivity index (χ0) is 24.9. The number of benzene rings is 1. The van der Waals surface area contributed by atoms with E-state index in [0.29, 0.717) is 11.4 Å². The Morgan fingerprint density at radius 3 is 2.50 bits per heavy atom. The fraction of sp³-hybridized carbons (Fsp3) is 0.125. The van der Waals surface area contributed by atoms with E-state index >= 15 is 0 Å². The Balaban J connectivity index is 2.41. The summed E-state index contributed by atoms with van der Waals surface area (Å²) in [7, 11) is 1.43. The first-order valence-electron chi connectivity index (χ1n) is 9.98. The van der Waals surface area contributed by atoms with Crippen LogP contribution in [0.15, 0.2) is 89.4 Å². The Hall–Kier alpha value is -3.79. The summed E-state index contributed by atoms with van der Waals surface area (Å²) < 4.78 is 43.5. The predicted octanol–water partition coefficient (Wildman–Crippen LogP) is 4.91. The maximum Gasteiger partial charge on any atom is 0.417 e. The molecular weight excluding hydrogens is 465 g/mol. The van der Waals surface area contributed by atoms with Crippen LogP contribution in [0.4, 0.5) is 19.0 Å². The molecule has 0 fully saturated rings.